The molecule has 3 aromatic rings. The largest absolute Gasteiger partial charge is 0.497 e. The smallest absolute Gasteiger partial charge is 0.120 e. The molecule has 22 heavy (non-hydrogen) atoms. The van der Waals surface area contributed by atoms with Gasteiger partial charge in [0, 0.05) is 9.77 Å². The summed E-state index contributed by atoms with van der Waals surface area (Å²) >= 11 is 3.67. The molecule has 3 heteroatoms. The lowest BCUT2D eigenvalue weighted by Crippen LogP contribution is -1.86. The zero-order valence-electron chi connectivity index (χ0n) is 12.7. The minimum Gasteiger partial charge on any atom is -0.497 e. The molecule has 0 saturated carbocycles. The van der Waals surface area contributed by atoms with E-state index in [-0.39, 0.29) is 0 Å². The number of hydrogen-bond donors (Lipinski definition) is 0. The van der Waals surface area contributed by atoms with Crippen molar-refractivity contribution in [2.75, 3.05) is 7.11 Å². The minimum atomic E-state index is 0.899. The van der Waals surface area contributed by atoms with E-state index in [1.54, 1.807) is 18.9 Å². The Morgan fingerprint density at radius 1 is 0.955 bits per heavy atom. The number of methoxy groups -OCH3 is 1. The quantitative estimate of drug-likeness (QED) is 0.557. The molecule has 0 aliphatic heterocycles. The second-order valence-corrected chi connectivity index (χ2v) is 7.48. The molecule has 0 bridgehead atoms. The first-order chi connectivity index (χ1) is 10.8. The Morgan fingerprint density at radius 2 is 1.77 bits per heavy atom. The summed E-state index contributed by atoms with van der Waals surface area (Å²) in [5, 5.41) is 0. The standard InChI is InChI=1S/C19H18OS2/c1-3-17-9-10-19(21-17)22-18-12-15(11-16(13-18)20-2)14-7-5-4-6-8-14/h4-13H,3H2,1-2H3. The maximum atomic E-state index is 5.47. The van der Waals surface area contributed by atoms with Gasteiger partial charge < -0.3 is 4.74 Å². The topological polar surface area (TPSA) is 9.23 Å². The van der Waals surface area contributed by atoms with Crippen molar-refractivity contribution >= 4 is 23.1 Å². The van der Waals surface area contributed by atoms with E-state index in [1.807, 2.05) is 17.4 Å². The lowest BCUT2D eigenvalue weighted by molar-refractivity contribution is 0.414. The van der Waals surface area contributed by atoms with Crippen LogP contribution in [-0.4, -0.2) is 7.11 Å². The van der Waals surface area contributed by atoms with Crippen LogP contribution in [0.2, 0.25) is 0 Å². The highest BCUT2D eigenvalue weighted by atomic mass is 32.2. The lowest BCUT2D eigenvalue weighted by Gasteiger charge is -2.08. The van der Waals surface area contributed by atoms with Gasteiger partial charge in [0.15, 0.2) is 0 Å². The van der Waals surface area contributed by atoms with Gasteiger partial charge in [-0.15, -0.1) is 11.3 Å². The van der Waals surface area contributed by atoms with Gasteiger partial charge in [-0.25, -0.2) is 0 Å². The van der Waals surface area contributed by atoms with Crippen LogP contribution < -0.4 is 4.74 Å². The monoisotopic (exact) mass is 326 g/mol. The fourth-order valence-corrected chi connectivity index (χ4v) is 4.45. The Hall–Kier alpha value is -1.71. The van der Waals surface area contributed by atoms with Crippen LogP contribution in [0.5, 0.6) is 5.75 Å². The van der Waals surface area contributed by atoms with E-state index < -0.39 is 0 Å². The number of ether oxygens (including phenoxy) is 1. The van der Waals surface area contributed by atoms with Crippen LogP contribution in [-0.2, 0) is 6.42 Å². The number of aryl methyl sites for hydroxylation is 1. The highest BCUT2D eigenvalue weighted by Gasteiger charge is 2.07. The Labute approximate surface area is 140 Å². The molecule has 3 rings (SSSR count). The van der Waals surface area contributed by atoms with Crippen molar-refractivity contribution in [1.82, 2.24) is 0 Å². The molecule has 0 aliphatic carbocycles. The summed E-state index contributed by atoms with van der Waals surface area (Å²) in [6.07, 6.45) is 1.10. The Kier molecular flexibility index (Phi) is 4.86. The van der Waals surface area contributed by atoms with Gasteiger partial charge in [0.05, 0.1) is 11.3 Å². The van der Waals surface area contributed by atoms with E-state index in [9.17, 15) is 0 Å². The number of hydrogen-bond acceptors (Lipinski definition) is 3. The summed E-state index contributed by atoms with van der Waals surface area (Å²) in [6.45, 7) is 2.19. The van der Waals surface area contributed by atoms with Crippen LogP contribution >= 0.6 is 23.1 Å². The maximum absolute atomic E-state index is 5.47. The molecule has 112 valence electrons. The van der Waals surface area contributed by atoms with E-state index in [2.05, 4.69) is 61.5 Å². The minimum absolute atomic E-state index is 0.899. The molecular weight excluding hydrogens is 308 g/mol. The van der Waals surface area contributed by atoms with Crippen LogP contribution in [0.15, 0.2) is 69.8 Å². The summed E-state index contributed by atoms with van der Waals surface area (Å²) in [6, 6.07) is 21.3. The zero-order valence-corrected chi connectivity index (χ0v) is 14.3. The lowest BCUT2D eigenvalue weighted by atomic mass is 10.1. The predicted molar refractivity (Wildman–Crippen MR) is 96.3 cm³/mol. The van der Waals surface area contributed by atoms with Crippen molar-refractivity contribution in [2.45, 2.75) is 22.4 Å². The summed E-state index contributed by atoms with van der Waals surface area (Å²) in [7, 11) is 1.72. The third kappa shape index (κ3) is 3.54. The summed E-state index contributed by atoms with van der Waals surface area (Å²) in [5.74, 6) is 0.899. The first kappa shape index (κ1) is 15.2. The van der Waals surface area contributed by atoms with Gasteiger partial charge in [0.25, 0.3) is 0 Å². The average Bonchev–Trinajstić information content (AvgIpc) is 3.03. The summed E-state index contributed by atoms with van der Waals surface area (Å²) in [5.41, 5.74) is 2.40. The van der Waals surface area contributed by atoms with Crippen molar-refractivity contribution in [2.24, 2.45) is 0 Å². The van der Waals surface area contributed by atoms with E-state index in [1.165, 1.54) is 25.1 Å². The molecule has 0 aliphatic rings. The number of rotatable bonds is 5. The summed E-state index contributed by atoms with van der Waals surface area (Å²) in [4.78, 5) is 2.64. The molecule has 0 N–H and O–H groups in total. The Balaban J connectivity index is 1.93. The highest BCUT2D eigenvalue weighted by Crippen LogP contribution is 2.37. The molecule has 2 aromatic carbocycles. The van der Waals surface area contributed by atoms with Gasteiger partial charge in [0.1, 0.15) is 5.75 Å². The van der Waals surface area contributed by atoms with Gasteiger partial charge in [-0.05, 0) is 47.9 Å². The van der Waals surface area contributed by atoms with E-state index >= 15 is 0 Å². The molecule has 1 aromatic heterocycles. The zero-order chi connectivity index (χ0) is 15.4. The second-order valence-electron chi connectivity index (χ2n) is 4.94. The molecule has 1 nitrogen and oxygen atoms in total. The fourth-order valence-electron chi connectivity index (χ4n) is 2.27. The Bertz CT molecular complexity index is 747. The van der Waals surface area contributed by atoms with Gasteiger partial charge in [0.2, 0.25) is 0 Å². The van der Waals surface area contributed by atoms with Crippen molar-refractivity contribution in [3.05, 3.63) is 65.5 Å². The van der Waals surface area contributed by atoms with Gasteiger partial charge >= 0.3 is 0 Å². The number of thiophene rings is 1. The van der Waals surface area contributed by atoms with Crippen LogP contribution in [0, 0.1) is 0 Å². The molecule has 0 unspecified atom stereocenters. The fraction of sp³-hybridized carbons (Fsp3) is 0.158. The van der Waals surface area contributed by atoms with Crippen molar-refractivity contribution in [3.63, 3.8) is 0 Å². The van der Waals surface area contributed by atoms with Crippen molar-refractivity contribution in [1.29, 1.82) is 0 Å². The van der Waals surface area contributed by atoms with Gasteiger partial charge in [-0.1, -0.05) is 49.0 Å². The SMILES string of the molecule is CCc1ccc(Sc2cc(OC)cc(-c3ccccc3)c2)s1. The van der Waals surface area contributed by atoms with Crippen LogP contribution in [0.3, 0.4) is 0 Å². The normalized spacial score (nSPS) is 10.6. The van der Waals surface area contributed by atoms with Crippen LogP contribution in [0.25, 0.3) is 11.1 Å². The number of benzene rings is 2. The molecule has 0 fully saturated rings. The molecule has 0 radical (unpaired) electrons. The van der Waals surface area contributed by atoms with Crippen molar-refractivity contribution in [3.8, 4) is 16.9 Å². The first-order valence-electron chi connectivity index (χ1n) is 7.29. The van der Waals surface area contributed by atoms with E-state index in [0.29, 0.717) is 0 Å². The molecule has 1 heterocycles. The molecule has 0 atom stereocenters. The van der Waals surface area contributed by atoms with Gasteiger partial charge in [-0.3, -0.25) is 0 Å². The second kappa shape index (κ2) is 7.03. The predicted octanol–water partition coefficient (Wildman–Crippen LogP) is 6.14. The summed E-state index contributed by atoms with van der Waals surface area (Å²) < 4.78 is 6.79. The van der Waals surface area contributed by atoms with E-state index in [4.69, 9.17) is 4.74 Å². The maximum Gasteiger partial charge on any atom is 0.120 e. The Morgan fingerprint density at radius 3 is 2.45 bits per heavy atom. The molecule has 0 saturated heterocycles. The van der Waals surface area contributed by atoms with Gasteiger partial charge in [-0.2, -0.15) is 0 Å². The van der Waals surface area contributed by atoms with Crippen LogP contribution in [0.1, 0.15) is 11.8 Å². The van der Waals surface area contributed by atoms with E-state index in [0.717, 1.165) is 12.2 Å². The first-order valence-corrected chi connectivity index (χ1v) is 8.93. The highest BCUT2D eigenvalue weighted by molar-refractivity contribution is 8.01. The molecular formula is C19H18OS2. The average molecular weight is 326 g/mol. The molecule has 0 amide bonds. The molecule has 0 spiro atoms. The van der Waals surface area contributed by atoms with Crippen molar-refractivity contribution < 1.29 is 4.74 Å². The third-order valence-electron chi connectivity index (χ3n) is 3.43. The third-order valence-corrected chi connectivity index (χ3v) is 5.76. The van der Waals surface area contributed by atoms with Crippen LogP contribution in [0.4, 0.5) is 0 Å².